The van der Waals surface area contributed by atoms with Gasteiger partial charge in [0.2, 0.25) is 0 Å². The summed E-state index contributed by atoms with van der Waals surface area (Å²) in [5.74, 6) is 0.0865. The third-order valence-electron chi connectivity index (χ3n) is 4.82. The van der Waals surface area contributed by atoms with Gasteiger partial charge in [-0.25, -0.2) is 4.98 Å². The molecule has 0 aromatic carbocycles. The fourth-order valence-electron chi connectivity index (χ4n) is 3.67. The molecule has 3 heterocycles. The lowest BCUT2D eigenvalue weighted by Crippen LogP contribution is -2.54. The predicted molar refractivity (Wildman–Crippen MR) is 89.7 cm³/mol. The Balaban J connectivity index is 1.55. The van der Waals surface area contributed by atoms with Gasteiger partial charge in [-0.1, -0.05) is 12.8 Å². The van der Waals surface area contributed by atoms with Crippen LogP contribution in [-0.4, -0.2) is 46.1 Å². The number of rotatable bonds is 2. The van der Waals surface area contributed by atoms with Gasteiger partial charge in [-0.05, 0) is 25.8 Å². The summed E-state index contributed by atoms with van der Waals surface area (Å²) in [7, 11) is 0. The number of H-pyrrole nitrogens is 1. The number of carbonyl (C=O) groups excluding carboxylic acids is 1. The Morgan fingerprint density at radius 3 is 3.13 bits per heavy atom. The SMILES string of the molecule is Cc1nc(-c2c[nH]c(C(=O)N3CCO[C@@H]4CCCC[C@@H]43)c2)cs1. The lowest BCUT2D eigenvalue weighted by Gasteiger charge is -2.43. The lowest BCUT2D eigenvalue weighted by atomic mass is 9.90. The van der Waals surface area contributed by atoms with Gasteiger partial charge in [0.15, 0.2) is 0 Å². The zero-order chi connectivity index (χ0) is 15.8. The molecule has 2 fully saturated rings. The Bertz CT molecular complexity index is 706. The zero-order valence-corrected chi connectivity index (χ0v) is 14.1. The minimum absolute atomic E-state index is 0.0865. The highest BCUT2D eigenvalue weighted by molar-refractivity contribution is 7.09. The van der Waals surface area contributed by atoms with Gasteiger partial charge in [-0.2, -0.15) is 0 Å². The van der Waals surface area contributed by atoms with E-state index in [-0.39, 0.29) is 18.1 Å². The Labute approximate surface area is 139 Å². The van der Waals surface area contributed by atoms with Crippen LogP contribution >= 0.6 is 11.3 Å². The number of ether oxygens (including phenoxy) is 1. The van der Waals surface area contributed by atoms with E-state index in [1.54, 1.807) is 11.3 Å². The molecule has 1 amide bonds. The van der Waals surface area contributed by atoms with Gasteiger partial charge in [0.25, 0.3) is 5.91 Å². The molecule has 4 rings (SSSR count). The summed E-state index contributed by atoms with van der Waals surface area (Å²) in [6.07, 6.45) is 6.61. The molecule has 0 radical (unpaired) electrons. The summed E-state index contributed by atoms with van der Waals surface area (Å²) in [6, 6.07) is 2.16. The number of amides is 1. The van der Waals surface area contributed by atoms with Gasteiger partial charge in [-0.3, -0.25) is 4.79 Å². The Morgan fingerprint density at radius 1 is 1.43 bits per heavy atom. The summed E-state index contributed by atoms with van der Waals surface area (Å²) < 4.78 is 5.86. The van der Waals surface area contributed by atoms with E-state index in [0.717, 1.165) is 29.1 Å². The van der Waals surface area contributed by atoms with Crippen molar-refractivity contribution < 1.29 is 9.53 Å². The number of thiazole rings is 1. The largest absolute Gasteiger partial charge is 0.374 e. The average Bonchev–Trinajstić information content (AvgIpc) is 3.22. The quantitative estimate of drug-likeness (QED) is 0.919. The summed E-state index contributed by atoms with van der Waals surface area (Å²) in [4.78, 5) is 22.6. The Hall–Kier alpha value is -1.66. The maximum atomic E-state index is 12.9. The number of hydrogen-bond donors (Lipinski definition) is 1. The van der Waals surface area contributed by atoms with E-state index in [1.807, 2.05) is 29.5 Å². The molecule has 1 saturated heterocycles. The molecule has 122 valence electrons. The van der Waals surface area contributed by atoms with E-state index in [9.17, 15) is 4.79 Å². The van der Waals surface area contributed by atoms with Crippen molar-refractivity contribution in [1.82, 2.24) is 14.9 Å². The molecular weight excluding hydrogens is 310 g/mol. The summed E-state index contributed by atoms with van der Waals surface area (Å²) in [5, 5.41) is 3.06. The van der Waals surface area contributed by atoms with E-state index < -0.39 is 0 Å². The molecule has 2 aliphatic rings. The van der Waals surface area contributed by atoms with E-state index in [4.69, 9.17) is 4.74 Å². The second-order valence-electron chi connectivity index (χ2n) is 6.31. The molecule has 1 saturated carbocycles. The van der Waals surface area contributed by atoms with Gasteiger partial charge in [-0.15, -0.1) is 11.3 Å². The molecule has 1 N–H and O–H groups in total. The minimum Gasteiger partial charge on any atom is -0.374 e. The molecule has 0 spiro atoms. The van der Waals surface area contributed by atoms with Crippen LogP contribution in [0.4, 0.5) is 0 Å². The maximum Gasteiger partial charge on any atom is 0.270 e. The highest BCUT2D eigenvalue weighted by atomic mass is 32.1. The molecule has 2 aromatic heterocycles. The standard InChI is InChI=1S/C17H21N3O2S/c1-11-19-14(10-23-11)12-8-13(18-9-12)17(21)20-6-7-22-16-5-3-2-4-15(16)20/h8-10,15-16,18H,2-7H2,1H3/t15-,16+/m0/s1. The van der Waals surface area contributed by atoms with Crippen molar-refractivity contribution in [1.29, 1.82) is 0 Å². The van der Waals surface area contributed by atoms with Crippen LogP contribution in [0.1, 0.15) is 41.2 Å². The topological polar surface area (TPSA) is 58.2 Å². The van der Waals surface area contributed by atoms with Crippen molar-refractivity contribution in [2.45, 2.75) is 44.8 Å². The van der Waals surface area contributed by atoms with Crippen LogP contribution in [0.15, 0.2) is 17.6 Å². The van der Waals surface area contributed by atoms with Gasteiger partial charge >= 0.3 is 0 Å². The van der Waals surface area contributed by atoms with Crippen LogP contribution in [0.3, 0.4) is 0 Å². The molecule has 5 nitrogen and oxygen atoms in total. The number of aryl methyl sites for hydroxylation is 1. The molecule has 0 bridgehead atoms. The van der Waals surface area contributed by atoms with Gasteiger partial charge in [0.05, 0.1) is 29.5 Å². The van der Waals surface area contributed by atoms with Crippen LogP contribution in [0.2, 0.25) is 0 Å². The predicted octanol–water partition coefficient (Wildman–Crippen LogP) is 3.23. The first-order chi connectivity index (χ1) is 11.2. The molecular formula is C17H21N3O2S. The van der Waals surface area contributed by atoms with Crippen LogP contribution in [0.5, 0.6) is 0 Å². The molecule has 6 heteroatoms. The van der Waals surface area contributed by atoms with E-state index in [2.05, 4.69) is 9.97 Å². The summed E-state index contributed by atoms with van der Waals surface area (Å²) in [5.41, 5.74) is 2.56. The maximum absolute atomic E-state index is 12.9. The molecule has 1 aliphatic heterocycles. The fourth-order valence-corrected chi connectivity index (χ4v) is 4.29. The Morgan fingerprint density at radius 2 is 2.30 bits per heavy atom. The first-order valence-corrected chi connectivity index (χ1v) is 9.14. The molecule has 23 heavy (non-hydrogen) atoms. The number of aromatic nitrogens is 2. The van der Waals surface area contributed by atoms with Crippen LogP contribution in [0.25, 0.3) is 11.3 Å². The molecule has 2 aromatic rings. The molecule has 0 unspecified atom stereocenters. The van der Waals surface area contributed by atoms with Crippen molar-refractivity contribution in [3.05, 3.63) is 28.3 Å². The second kappa shape index (κ2) is 6.09. The van der Waals surface area contributed by atoms with Gasteiger partial charge in [0.1, 0.15) is 5.69 Å². The summed E-state index contributed by atoms with van der Waals surface area (Å²) in [6.45, 7) is 3.32. The first-order valence-electron chi connectivity index (χ1n) is 8.26. The van der Waals surface area contributed by atoms with Crippen LogP contribution in [0, 0.1) is 6.92 Å². The molecule has 1 aliphatic carbocycles. The highest BCUT2D eigenvalue weighted by Gasteiger charge is 2.37. The van der Waals surface area contributed by atoms with Crippen molar-refractivity contribution in [3.63, 3.8) is 0 Å². The summed E-state index contributed by atoms with van der Waals surface area (Å²) >= 11 is 1.62. The van der Waals surface area contributed by atoms with Crippen molar-refractivity contribution in [3.8, 4) is 11.3 Å². The average molecular weight is 331 g/mol. The first kappa shape index (κ1) is 14.9. The van der Waals surface area contributed by atoms with Crippen molar-refractivity contribution in [2.75, 3.05) is 13.2 Å². The smallest absolute Gasteiger partial charge is 0.270 e. The number of carbonyl (C=O) groups is 1. The van der Waals surface area contributed by atoms with Crippen LogP contribution in [-0.2, 0) is 4.74 Å². The normalized spacial score (nSPS) is 24.5. The van der Waals surface area contributed by atoms with Crippen molar-refractivity contribution in [2.24, 2.45) is 0 Å². The number of nitrogens with one attached hydrogen (secondary N) is 1. The minimum atomic E-state index is 0.0865. The zero-order valence-electron chi connectivity index (χ0n) is 13.2. The van der Waals surface area contributed by atoms with Crippen molar-refractivity contribution >= 4 is 17.2 Å². The number of hydrogen-bond acceptors (Lipinski definition) is 4. The third-order valence-corrected chi connectivity index (χ3v) is 5.59. The number of nitrogens with zero attached hydrogens (tertiary/aromatic N) is 2. The Kier molecular flexibility index (Phi) is 3.95. The van der Waals surface area contributed by atoms with E-state index >= 15 is 0 Å². The van der Waals surface area contributed by atoms with Gasteiger partial charge in [0, 0.05) is 23.7 Å². The number of aromatic amines is 1. The van der Waals surface area contributed by atoms with E-state index in [0.29, 0.717) is 18.8 Å². The number of morpholine rings is 1. The van der Waals surface area contributed by atoms with Crippen LogP contribution < -0.4 is 0 Å². The second-order valence-corrected chi connectivity index (χ2v) is 7.38. The third kappa shape index (κ3) is 2.81. The molecule has 2 atom stereocenters. The highest BCUT2D eigenvalue weighted by Crippen LogP contribution is 2.30. The fraction of sp³-hybridized carbons (Fsp3) is 0.529. The van der Waals surface area contributed by atoms with E-state index in [1.165, 1.54) is 12.8 Å². The lowest BCUT2D eigenvalue weighted by molar-refractivity contribution is -0.0754. The monoisotopic (exact) mass is 331 g/mol. The number of fused-ring (bicyclic) bond motifs is 1. The van der Waals surface area contributed by atoms with Gasteiger partial charge < -0.3 is 14.6 Å².